The van der Waals surface area contributed by atoms with E-state index in [2.05, 4.69) is 25.9 Å². The zero-order valence-electron chi connectivity index (χ0n) is 23.5. The summed E-state index contributed by atoms with van der Waals surface area (Å²) in [6, 6.07) is 6.02. The molecular formula is C29H36ClF2N7O2. The van der Waals surface area contributed by atoms with Crippen LogP contribution >= 0.6 is 11.6 Å². The fourth-order valence-electron chi connectivity index (χ4n) is 5.99. The maximum Gasteiger partial charge on any atom is 0.295 e. The molecule has 0 bridgehead atoms. The highest BCUT2D eigenvalue weighted by atomic mass is 35.5. The normalized spacial score (nSPS) is 23.9. The van der Waals surface area contributed by atoms with E-state index in [0.29, 0.717) is 53.8 Å². The number of likely N-dealkylation sites (N-methyl/N-ethyl adjacent to an activating group) is 1. The molecule has 3 atom stereocenters. The van der Waals surface area contributed by atoms with Crippen molar-refractivity contribution in [3.8, 4) is 5.75 Å². The summed E-state index contributed by atoms with van der Waals surface area (Å²) in [6.45, 7) is 5.02. The van der Waals surface area contributed by atoms with E-state index in [9.17, 15) is 13.6 Å². The molecule has 1 aliphatic carbocycles. The summed E-state index contributed by atoms with van der Waals surface area (Å²) in [7, 11) is 1.85. The fraction of sp³-hybridized carbons (Fsp3) is 0.552. The van der Waals surface area contributed by atoms with Crippen molar-refractivity contribution >= 4 is 45.6 Å². The van der Waals surface area contributed by atoms with Crippen molar-refractivity contribution < 1.29 is 13.5 Å². The number of piperidine rings is 1. The molecule has 3 aliphatic rings. The molecule has 0 spiro atoms. The van der Waals surface area contributed by atoms with Gasteiger partial charge in [0.05, 0.1) is 24.0 Å². The third-order valence-corrected chi connectivity index (χ3v) is 8.86. The van der Waals surface area contributed by atoms with Crippen LogP contribution in [0.3, 0.4) is 0 Å². The van der Waals surface area contributed by atoms with Crippen LogP contribution in [0.25, 0.3) is 10.9 Å². The number of alkyl halides is 2. The van der Waals surface area contributed by atoms with E-state index in [1.807, 2.05) is 25.2 Å². The van der Waals surface area contributed by atoms with E-state index >= 15 is 0 Å². The third-order valence-electron chi connectivity index (χ3n) is 8.58. The van der Waals surface area contributed by atoms with Gasteiger partial charge in [0.1, 0.15) is 5.02 Å². The first-order chi connectivity index (χ1) is 19.7. The Morgan fingerprint density at radius 3 is 2.66 bits per heavy atom. The molecule has 0 radical (unpaired) electrons. The Morgan fingerprint density at radius 1 is 1.20 bits per heavy atom. The minimum absolute atomic E-state index is 0.147. The molecule has 2 fully saturated rings. The topological polar surface area (TPSA) is 96.3 Å². The Kier molecular flexibility index (Phi) is 7.44. The van der Waals surface area contributed by atoms with Gasteiger partial charge >= 0.3 is 0 Å². The number of fused-ring (bicyclic) bond motifs is 3. The van der Waals surface area contributed by atoms with E-state index in [4.69, 9.17) is 16.3 Å². The van der Waals surface area contributed by atoms with E-state index < -0.39 is 17.8 Å². The van der Waals surface area contributed by atoms with Crippen LogP contribution in [0.4, 0.5) is 31.9 Å². The molecule has 4 heterocycles. The average Bonchev–Trinajstić information content (AvgIpc) is 3.80. The highest BCUT2D eigenvalue weighted by molar-refractivity contribution is 6.33. The maximum atomic E-state index is 14.4. The maximum absolute atomic E-state index is 14.4. The van der Waals surface area contributed by atoms with E-state index in [1.54, 1.807) is 23.3 Å². The van der Waals surface area contributed by atoms with E-state index in [0.717, 1.165) is 23.0 Å². The van der Waals surface area contributed by atoms with Gasteiger partial charge in [-0.05, 0) is 44.0 Å². The van der Waals surface area contributed by atoms with Crippen molar-refractivity contribution in [1.29, 1.82) is 0 Å². The third kappa shape index (κ3) is 5.30. The SMILES string of the molecule is CNCCn1c(=O)c2c(c3cc(Nc4nc(N5C[C@@H](C)C(F)(F)[C@@H](C)C5)ncc4Cl)ccc31)N[C@@H](C1CC1)CCO2. The highest BCUT2D eigenvalue weighted by Crippen LogP contribution is 2.42. The number of rotatable bonds is 7. The fourth-order valence-corrected chi connectivity index (χ4v) is 6.13. The first-order valence-electron chi connectivity index (χ1n) is 14.3. The Balaban J connectivity index is 1.37. The van der Waals surface area contributed by atoms with Gasteiger partial charge < -0.3 is 30.2 Å². The smallest absolute Gasteiger partial charge is 0.295 e. The molecule has 2 aliphatic heterocycles. The summed E-state index contributed by atoms with van der Waals surface area (Å²) >= 11 is 6.50. The summed E-state index contributed by atoms with van der Waals surface area (Å²) in [4.78, 5) is 24.3. The van der Waals surface area contributed by atoms with Crippen molar-refractivity contribution in [2.75, 3.05) is 48.8 Å². The van der Waals surface area contributed by atoms with Crippen LogP contribution in [0.15, 0.2) is 29.2 Å². The summed E-state index contributed by atoms with van der Waals surface area (Å²) in [6.07, 6.45) is 4.69. The van der Waals surface area contributed by atoms with Gasteiger partial charge in [0.25, 0.3) is 11.5 Å². The van der Waals surface area contributed by atoms with E-state index in [-0.39, 0.29) is 24.7 Å². The minimum Gasteiger partial charge on any atom is -0.486 e. The van der Waals surface area contributed by atoms with Crippen molar-refractivity contribution in [3.05, 3.63) is 39.8 Å². The number of aromatic nitrogens is 3. The van der Waals surface area contributed by atoms with Crippen LogP contribution in [0.2, 0.25) is 5.02 Å². The number of pyridine rings is 1. The summed E-state index contributed by atoms with van der Waals surface area (Å²) in [5, 5.41) is 11.3. The van der Waals surface area contributed by atoms with Crippen molar-refractivity contribution in [2.45, 2.75) is 51.6 Å². The highest BCUT2D eigenvalue weighted by Gasteiger charge is 2.47. The first kappa shape index (κ1) is 28.0. The number of anilines is 4. The molecule has 0 unspecified atom stereocenters. The lowest BCUT2D eigenvalue weighted by atomic mass is 9.87. The summed E-state index contributed by atoms with van der Waals surface area (Å²) in [5.74, 6) is -2.73. The van der Waals surface area contributed by atoms with Gasteiger partial charge in [-0.3, -0.25) is 4.79 Å². The molecule has 2 aromatic heterocycles. The van der Waals surface area contributed by atoms with Crippen LogP contribution < -0.4 is 31.1 Å². The summed E-state index contributed by atoms with van der Waals surface area (Å²) < 4.78 is 36.7. The molecular weight excluding hydrogens is 552 g/mol. The molecule has 6 rings (SSSR count). The molecule has 3 N–H and O–H groups in total. The zero-order valence-corrected chi connectivity index (χ0v) is 24.3. The number of hydrogen-bond acceptors (Lipinski definition) is 8. The van der Waals surface area contributed by atoms with Crippen molar-refractivity contribution in [1.82, 2.24) is 19.9 Å². The van der Waals surface area contributed by atoms with Gasteiger partial charge in [0.2, 0.25) is 11.7 Å². The van der Waals surface area contributed by atoms with E-state index in [1.165, 1.54) is 19.0 Å². The number of nitrogens with one attached hydrogen (secondary N) is 3. The number of halogens is 3. The first-order valence-corrected chi connectivity index (χ1v) is 14.7. The Bertz CT molecular complexity index is 1500. The predicted octanol–water partition coefficient (Wildman–Crippen LogP) is 5.11. The molecule has 0 amide bonds. The average molecular weight is 588 g/mol. The molecule has 12 heteroatoms. The molecule has 1 saturated heterocycles. The molecule has 9 nitrogen and oxygen atoms in total. The van der Waals surface area contributed by atoms with Crippen LogP contribution in [-0.2, 0) is 6.54 Å². The standard InChI is InChI=1S/C29H36ClF2N7O2/c1-16-14-38(15-17(2)29(16,31)32)28-34-13-21(30)26(37-28)35-19-6-7-23-20(12-19)24-25(27(40)39(23)10-9-33-3)41-11-8-22(36-24)18-4-5-18/h6-7,12-13,16-18,22,33,36H,4-5,8-11,14-15H2,1-3H3,(H,34,35,37)/t16-,17+,22-/m1/s1. The second-order valence-corrected chi connectivity index (χ2v) is 12.0. The van der Waals surface area contributed by atoms with Gasteiger partial charge in [-0.2, -0.15) is 4.98 Å². The Hall–Kier alpha value is -3.18. The lowest BCUT2D eigenvalue weighted by molar-refractivity contribution is -0.105. The molecule has 220 valence electrons. The molecule has 3 aromatic rings. The molecule has 1 saturated carbocycles. The van der Waals surface area contributed by atoms with Gasteiger partial charge in [0.15, 0.2) is 5.82 Å². The lowest BCUT2D eigenvalue weighted by Gasteiger charge is -2.41. The van der Waals surface area contributed by atoms with Gasteiger partial charge in [0, 0.05) is 61.6 Å². The van der Waals surface area contributed by atoms with Gasteiger partial charge in [-0.1, -0.05) is 25.4 Å². The van der Waals surface area contributed by atoms with Gasteiger partial charge in [-0.15, -0.1) is 0 Å². The predicted molar refractivity (Wildman–Crippen MR) is 158 cm³/mol. The largest absolute Gasteiger partial charge is 0.486 e. The van der Waals surface area contributed by atoms with Crippen LogP contribution in [0.1, 0.15) is 33.1 Å². The quantitative estimate of drug-likeness (QED) is 0.351. The van der Waals surface area contributed by atoms with Crippen LogP contribution in [0, 0.1) is 17.8 Å². The number of hydrogen-bond donors (Lipinski definition) is 3. The second-order valence-electron chi connectivity index (χ2n) is 11.6. The lowest BCUT2D eigenvalue weighted by Crippen LogP contribution is -2.52. The second kappa shape index (κ2) is 10.9. The van der Waals surface area contributed by atoms with Crippen molar-refractivity contribution in [3.63, 3.8) is 0 Å². The number of benzene rings is 1. The number of nitrogens with zero attached hydrogens (tertiary/aromatic N) is 4. The van der Waals surface area contributed by atoms with Crippen molar-refractivity contribution in [2.24, 2.45) is 17.8 Å². The molecule has 1 aromatic carbocycles. The summed E-state index contributed by atoms with van der Waals surface area (Å²) in [5.41, 5.74) is 2.08. The zero-order chi connectivity index (χ0) is 28.9. The molecule has 41 heavy (non-hydrogen) atoms. The number of ether oxygens (including phenoxy) is 1. The van der Waals surface area contributed by atoms with Crippen LogP contribution in [0.5, 0.6) is 5.75 Å². The van der Waals surface area contributed by atoms with Crippen LogP contribution in [-0.4, -0.2) is 59.8 Å². The monoisotopic (exact) mass is 587 g/mol. The Labute approximate surface area is 242 Å². The Morgan fingerprint density at radius 2 is 1.95 bits per heavy atom. The minimum atomic E-state index is -2.74. The van der Waals surface area contributed by atoms with Gasteiger partial charge in [-0.25, -0.2) is 13.8 Å².